The van der Waals surface area contributed by atoms with E-state index in [2.05, 4.69) is 49.3 Å². The standard InChI is InChI=1S/C15H24N2O/c1-12-5-6-13(2)15(9-12)18-8-4-7-17(3)14-10-16-11-14/h5-6,9,14,16H,4,7-8,10-11H2,1-3H3. The van der Waals surface area contributed by atoms with Crippen molar-refractivity contribution in [2.75, 3.05) is 33.3 Å². The van der Waals surface area contributed by atoms with Crippen molar-refractivity contribution >= 4 is 0 Å². The number of rotatable bonds is 6. The first-order valence-electron chi connectivity index (χ1n) is 6.78. The van der Waals surface area contributed by atoms with Crippen LogP contribution in [-0.4, -0.2) is 44.2 Å². The fourth-order valence-electron chi connectivity index (χ4n) is 2.13. The van der Waals surface area contributed by atoms with E-state index in [0.29, 0.717) is 0 Å². The van der Waals surface area contributed by atoms with E-state index >= 15 is 0 Å². The second-order valence-corrected chi connectivity index (χ2v) is 5.26. The van der Waals surface area contributed by atoms with E-state index in [1.54, 1.807) is 0 Å². The third-order valence-electron chi connectivity index (χ3n) is 3.64. The lowest BCUT2D eigenvalue weighted by molar-refractivity contribution is 0.167. The molecule has 1 saturated heterocycles. The zero-order valence-corrected chi connectivity index (χ0v) is 11.7. The number of ether oxygens (including phenoxy) is 1. The molecule has 1 aromatic rings. The van der Waals surface area contributed by atoms with Crippen molar-refractivity contribution in [3.63, 3.8) is 0 Å². The summed E-state index contributed by atoms with van der Waals surface area (Å²) in [5.41, 5.74) is 2.48. The summed E-state index contributed by atoms with van der Waals surface area (Å²) < 4.78 is 5.86. The Balaban J connectivity index is 1.69. The third kappa shape index (κ3) is 3.47. The lowest BCUT2D eigenvalue weighted by Gasteiger charge is -2.35. The molecule has 1 aliphatic rings. The van der Waals surface area contributed by atoms with Crippen LogP contribution >= 0.6 is 0 Å². The number of benzene rings is 1. The zero-order valence-electron chi connectivity index (χ0n) is 11.7. The van der Waals surface area contributed by atoms with Gasteiger partial charge in [-0.25, -0.2) is 0 Å². The van der Waals surface area contributed by atoms with E-state index in [-0.39, 0.29) is 0 Å². The van der Waals surface area contributed by atoms with Crippen molar-refractivity contribution in [3.8, 4) is 5.75 Å². The van der Waals surface area contributed by atoms with Crippen molar-refractivity contribution in [3.05, 3.63) is 29.3 Å². The molecule has 2 rings (SSSR count). The Bertz CT molecular complexity index is 388. The molecule has 1 N–H and O–H groups in total. The molecule has 3 nitrogen and oxygen atoms in total. The third-order valence-corrected chi connectivity index (χ3v) is 3.64. The van der Waals surface area contributed by atoms with Crippen LogP contribution in [-0.2, 0) is 0 Å². The van der Waals surface area contributed by atoms with Gasteiger partial charge in [-0.2, -0.15) is 0 Å². The van der Waals surface area contributed by atoms with Crippen molar-refractivity contribution in [1.82, 2.24) is 10.2 Å². The molecule has 1 aromatic carbocycles. The Morgan fingerprint density at radius 1 is 1.33 bits per heavy atom. The van der Waals surface area contributed by atoms with Gasteiger partial charge in [0.1, 0.15) is 5.75 Å². The number of likely N-dealkylation sites (N-methyl/N-ethyl adjacent to an activating group) is 1. The van der Waals surface area contributed by atoms with Gasteiger partial charge < -0.3 is 15.0 Å². The first-order chi connectivity index (χ1) is 8.66. The zero-order chi connectivity index (χ0) is 13.0. The Labute approximate surface area is 110 Å². The van der Waals surface area contributed by atoms with Gasteiger partial charge in [-0.05, 0) is 44.5 Å². The minimum absolute atomic E-state index is 0.728. The predicted octanol–water partition coefficient (Wildman–Crippen LogP) is 1.98. The smallest absolute Gasteiger partial charge is 0.122 e. The molecule has 0 bridgehead atoms. The minimum atomic E-state index is 0.728. The van der Waals surface area contributed by atoms with Gasteiger partial charge in [-0.15, -0.1) is 0 Å². The van der Waals surface area contributed by atoms with Gasteiger partial charge in [-0.1, -0.05) is 12.1 Å². The van der Waals surface area contributed by atoms with Crippen molar-refractivity contribution in [1.29, 1.82) is 0 Å². The Morgan fingerprint density at radius 3 is 2.78 bits per heavy atom. The highest BCUT2D eigenvalue weighted by Gasteiger charge is 2.20. The van der Waals surface area contributed by atoms with E-state index in [9.17, 15) is 0 Å². The maximum Gasteiger partial charge on any atom is 0.122 e. The molecule has 18 heavy (non-hydrogen) atoms. The van der Waals surface area contributed by atoms with Crippen molar-refractivity contribution < 1.29 is 4.74 Å². The molecule has 0 saturated carbocycles. The topological polar surface area (TPSA) is 24.5 Å². The fourth-order valence-corrected chi connectivity index (χ4v) is 2.13. The van der Waals surface area contributed by atoms with E-state index in [4.69, 9.17) is 4.74 Å². The van der Waals surface area contributed by atoms with Crippen LogP contribution in [0.1, 0.15) is 17.5 Å². The summed E-state index contributed by atoms with van der Waals surface area (Å²) in [4.78, 5) is 2.42. The first kappa shape index (κ1) is 13.4. The number of hydrogen-bond acceptors (Lipinski definition) is 3. The van der Waals surface area contributed by atoms with Gasteiger partial charge >= 0.3 is 0 Å². The number of hydrogen-bond donors (Lipinski definition) is 1. The molecule has 100 valence electrons. The Hall–Kier alpha value is -1.06. The monoisotopic (exact) mass is 248 g/mol. The number of nitrogens with zero attached hydrogens (tertiary/aromatic N) is 1. The highest BCUT2D eigenvalue weighted by atomic mass is 16.5. The van der Waals surface area contributed by atoms with Crippen LogP contribution in [0.25, 0.3) is 0 Å². The molecule has 1 fully saturated rings. The Kier molecular flexibility index (Phi) is 4.61. The first-order valence-corrected chi connectivity index (χ1v) is 6.78. The minimum Gasteiger partial charge on any atom is -0.493 e. The number of aryl methyl sites for hydroxylation is 2. The molecule has 0 radical (unpaired) electrons. The molecular weight excluding hydrogens is 224 g/mol. The summed E-state index contributed by atoms with van der Waals surface area (Å²) in [7, 11) is 2.20. The van der Waals surface area contributed by atoms with Crippen LogP contribution in [0.3, 0.4) is 0 Å². The van der Waals surface area contributed by atoms with Crippen LogP contribution < -0.4 is 10.1 Å². The van der Waals surface area contributed by atoms with Crippen LogP contribution in [0.4, 0.5) is 0 Å². The van der Waals surface area contributed by atoms with Crippen LogP contribution in [0.5, 0.6) is 5.75 Å². The highest BCUT2D eigenvalue weighted by Crippen LogP contribution is 2.19. The largest absolute Gasteiger partial charge is 0.493 e. The van der Waals surface area contributed by atoms with Gasteiger partial charge in [-0.3, -0.25) is 0 Å². The SMILES string of the molecule is Cc1ccc(C)c(OCCCN(C)C2CNC2)c1. The lowest BCUT2D eigenvalue weighted by Crippen LogP contribution is -2.56. The summed E-state index contributed by atoms with van der Waals surface area (Å²) in [6.07, 6.45) is 1.08. The lowest BCUT2D eigenvalue weighted by atomic mass is 10.1. The van der Waals surface area contributed by atoms with E-state index in [0.717, 1.165) is 44.5 Å². The van der Waals surface area contributed by atoms with Gasteiger partial charge in [0, 0.05) is 25.7 Å². The molecular formula is C15H24N2O. The maximum absolute atomic E-state index is 5.86. The fraction of sp³-hybridized carbons (Fsp3) is 0.600. The average molecular weight is 248 g/mol. The summed E-state index contributed by atoms with van der Waals surface area (Å²) in [6.45, 7) is 8.37. The summed E-state index contributed by atoms with van der Waals surface area (Å²) in [6, 6.07) is 7.09. The molecule has 0 unspecified atom stereocenters. The average Bonchev–Trinajstić information content (AvgIpc) is 2.26. The van der Waals surface area contributed by atoms with Crippen LogP contribution in [0, 0.1) is 13.8 Å². The second kappa shape index (κ2) is 6.21. The molecule has 3 heteroatoms. The second-order valence-electron chi connectivity index (χ2n) is 5.26. The summed E-state index contributed by atoms with van der Waals surface area (Å²) in [5.74, 6) is 1.03. The van der Waals surface area contributed by atoms with Gasteiger partial charge in [0.2, 0.25) is 0 Å². The molecule has 1 aliphatic heterocycles. The highest BCUT2D eigenvalue weighted by molar-refractivity contribution is 5.35. The molecule has 0 aromatic heterocycles. The molecule has 0 spiro atoms. The van der Waals surface area contributed by atoms with Crippen molar-refractivity contribution in [2.45, 2.75) is 26.3 Å². The molecule has 0 atom stereocenters. The summed E-state index contributed by atoms with van der Waals surface area (Å²) >= 11 is 0. The quantitative estimate of drug-likeness (QED) is 0.779. The predicted molar refractivity (Wildman–Crippen MR) is 75.3 cm³/mol. The van der Waals surface area contributed by atoms with Gasteiger partial charge in [0.25, 0.3) is 0 Å². The Morgan fingerprint density at radius 2 is 2.11 bits per heavy atom. The maximum atomic E-state index is 5.86. The van der Waals surface area contributed by atoms with E-state index in [1.807, 2.05) is 0 Å². The van der Waals surface area contributed by atoms with Gasteiger partial charge in [0.15, 0.2) is 0 Å². The molecule has 0 amide bonds. The summed E-state index contributed by atoms with van der Waals surface area (Å²) in [5, 5.41) is 3.30. The number of nitrogens with one attached hydrogen (secondary N) is 1. The van der Waals surface area contributed by atoms with E-state index < -0.39 is 0 Å². The van der Waals surface area contributed by atoms with Crippen molar-refractivity contribution in [2.24, 2.45) is 0 Å². The van der Waals surface area contributed by atoms with E-state index in [1.165, 1.54) is 11.1 Å². The normalized spacial score (nSPS) is 15.8. The molecule has 1 heterocycles. The van der Waals surface area contributed by atoms with Crippen LogP contribution in [0.2, 0.25) is 0 Å². The van der Waals surface area contributed by atoms with Crippen LogP contribution in [0.15, 0.2) is 18.2 Å². The molecule has 0 aliphatic carbocycles. The van der Waals surface area contributed by atoms with Gasteiger partial charge in [0.05, 0.1) is 6.61 Å².